The lowest BCUT2D eigenvalue weighted by Gasteiger charge is -2.16. The molecule has 1 aliphatic carbocycles. The first-order valence-corrected chi connectivity index (χ1v) is 4.62. The summed E-state index contributed by atoms with van der Waals surface area (Å²) in [4.78, 5) is 12.1. The number of hydrogen-bond acceptors (Lipinski definition) is 3. The second-order valence-corrected chi connectivity index (χ2v) is 3.52. The molecule has 0 aromatic carbocycles. The van der Waals surface area contributed by atoms with Crippen LogP contribution in [-0.4, -0.2) is 32.1 Å². The van der Waals surface area contributed by atoms with E-state index in [-0.39, 0.29) is 5.41 Å². The minimum Gasteiger partial charge on any atom is -0.309 e. The van der Waals surface area contributed by atoms with E-state index < -0.39 is 0 Å². The van der Waals surface area contributed by atoms with E-state index in [1.54, 1.807) is 0 Å². The van der Waals surface area contributed by atoms with Crippen molar-refractivity contribution in [2.45, 2.75) is 26.7 Å². The van der Waals surface area contributed by atoms with Crippen molar-refractivity contribution in [2.24, 2.45) is 10.6 Å². The van der Waals surface area contributed by atoms with Gasteiger partial charge in [-0.15, -0.1) is 0 Å². The zero-order chi connectivity index (χ0) is 9.61. The summed E-state index contributed by atoms with van der Waals surface area (Å²) in [6.45, 7) is 5.52. The topological polar surface area (TPSA) is 32.7 Å². The Kier molecular flexibility index (Phi) is 5.06. The molecule has 12 heavy (non-hydrogen) atoms. The zero-order valence-electron chi connectivity index (χ0n) is 8.63. The lowest BCUT2D eigenvalue weighted by atomic mass is 10.1. The molecule has 0 spiro atoms. The van der Waals surface area contributed by atoms with Crippen molar-refractivity contribution in [1.29, 1.82) is 0 Å². The van der Waals surface area contributed by atoms with Gasteiger partial charge in [-0.05, 0) is 26.9 Å². The van der Waals surface area contributed by atoms with Crippen molar-refractivity contribution in [3.05, 3.63) is 4.91 Å². The van der Waals surface area contributed by atoms with Crippen LogP contribution in [0.1, 0.15) is 26.7 Å². The number of nitrogens with zero attached hydrogens (tertiary/aromatic N) is 2. The third-order valence-corrected chi connectivity index (χ3v) is 2.01. The van der Waals surface area contributed by atoms with Crippen molar-refractivity contribution < 1.29 is 0 Å². The molecule has 0 heterocycles. The van der Waals surface area contributed by atoms with Crippen LogP contribution in [0, 0.1) is 10.3 Å². The molecular formula is C9H20N2O. The summed E-state index contributed by atoms with van der Waals surface area (Å²) in [5, 5.41) is 2.95. The van der Waals surface area contributed by atoms with E-state index >= 15 is 0 Å². The fourth-order valence-electron chi connectivity index (χ4n) is 1.35. The highest BCUT2D eigenvalue weighted by atomic mass is 16.3. The molecule has 0 saturated heterocycles. The van der Waals surface area contributed by atoms with Crippen molar-refractivity contribution >= 4 is 0 Å². The second-order valence-electron chi connectivity index (χ2n) is 3.52. The summed E-state index contributed by atoms with van der Waals surface area (Å²) in [5.74, 6) is 0. The van der Waals surface area contributed by atoms with Gasteiger partial charge in [0.25, 0.3) is 0 Å². The van der Waals surface area contributed by atoms with E-state index in [1.165, 1.54) is 12.8 Å². The Hall–Kier alpha value is -0.440. The monoisotopic (exact) mass is 172 g/mol. The van der Waals surface area contributed by atoms with Crippen LogP contribution >= 0.6 is 0 Å². The van der Waals surface area contributed by atoms with Gasteiger partial charge in [0.1, 0.15) is 0 Å². The molecule has 0 aromatic heterocycles. The predicted molar refractivity (Wildman–Crippen MR) is 52.2 cm³/mol. The number of nitroso groups, excluding NO2 is 1. The third kappa shape index (κ3) is 3.81. The van der Waals surface area contributed by atoms with E-state index in [9.17, 15) is 4.91 Å². The molecule has 3 nitrogen and oxygen atoms in total. The summed E-state index contributed by atoms with van der Waals surface area (Å²) in [5.41, 5.74) is 0.269. The molecule has 1 rings (SSSR count). The molecule has 1 fully saturated rings. The van der Waals surface area contributed by atoms with E-state index in [1.807, 2.05) is 27.9 Å². The molecule has 0 amide bonds. The van der Waals surface area contributed by atoms with Crippen molar-refractivity contribution in [1.82, 2.24) is 4.90 Å². The van der Waals surface area contributed by atoms with Crippen LogP contribution in [0.3, 0.4) is 0 Å². The Labute approximate surface area is 75.1 Å². The molecule has 1 aliphatic rings. The first-order chi connectivity index (χ1) is 5.68. The van der Waals surface area contributed by atoms with Gasteiger partial charge in [0, 0.05) is 12.0 Å². The smallest absolute Gasteiger partial charge is 0.0879 e. The summed E-state index contributed by atoms with van der Waals surface area (Å²) in [7, 11) is 4.07. The second kappa shape index (κ2) is 5.25. The summed E-state index contributed by atoms with van der Waals surface area (Å²) in [6, 6.07) is 0. The van der Waals surface area contributed by atoms with Gasteiger partial charge >= 0.3 is 0 Å². The van der Waals surface area contributed by atoms with Crippen LogP contribution in [0.5, 0.6) is 0 Å². The molecule has 0 atom stereocenters. The van der Waals surface area contributed by atoms with Crippen LogP contribution in [0.2, 0.25) is 0 Å². The standard InChI is InChI=1S/C7H14N2O.C2H6/c1-9(2)6-7(3-4-7)5-8-10;1-2/h3-6H2,1-2H3;1-2H3. The zero-order valence-corrected chi connectivity index (χ0v) is 8.63. The highest BCUT2D eigenvalue weighted by Gasteiger charge is 2.43. The van der Waals surface area contributed by atoms with Gasteiger partial charge in [-0.1, -0.05) is 19.0 Å². The first kappa shape index (κ1) is 11.6. The van der Waals surface area contributed by atoms with Gasteiger partial charge in [-0.25, -0.2) is 0 Å². The summed E-state index contributed by atoms with van der Waals surface area (Å²) >= 11 is 0. The summed E-state index contributed by atoms with van der Waals surface area (Å²) in [6.07, 6.45) is 2.36. The SMILES string of the molecule is CC.CN(C)CC1(CN=O)CC1. The van der Waals surface area contributed by atoms with Crippen LogP contribution in [0.4, 0.5) is 0 Å². The fraction of sp³-hybridized carbons (Fsp3) is 1.00. The largest absolute Gasteiger partial charge is 0.309 e. The van der Waals surface area contributed by atoms with E-state index in [0.29, 0.717) is 6.54 Å². The minimum absolute atomic E-state index is 0.269. The van der Waals surface area contributed by atoms with E-state index in [2.05, 4.69) is 10.1 Å². The molecule has 0 aliphatic heterocycles. The Morgan fingerprint density at radius 3 is 2.08 bits per heavy atom. The Balaban J connectivity index is 0.000000561. The Morgan fingerprint density at radius 2 is 1.83 bits per heavy atom. The fourth-order valence-corrected chi connectivity index (χ4v) is 1.35. The van der Waals surface area contributed by atoms with Crippen molar-refractivity contribution in [2.75, 3.05) is 27.2 Å². The number of hydrogen-bond donors (Lipinski definition) is 0. The van der Waals surface area contributed by atoms with Gasteiger partial charge in [0.15, 0.2) is 0 Å². The van der Waals surface area contributed by atoms with Gasteiger partial charge in [-0.2, -0.15) is 4.91 Å². The average molecular weight is 172 g/mol. The minimum atomic E-state index is 0.269. The lowest BCUT2D eigenvalue weighted by molar-refractivity contribution is 0.314. The van der Waals surface area contributed by atoms with Crippen LogP contribution in [-0.2, 0) is 0 Å². The van der Waals surface area contributed by atoms with Crippen molar-refractivity contribution in [3.8, 4) is 0 Å². The van der Waals surface area contributed by atoms with E-state index in [4.69, 9.17) is 0 Å². The molecule has 72 valence electrons. The highest BCUT2D eigenvalue weighted by Crippen LogP contribution is 2.46. The molecule has 1 saturated carbocycles. The molecule has 0 unspecified atom stereocenters. The van der Waals surface area contributed by atoms with Crippen LogP contribution in [0.25, 0.3) is 0 Å². The maximum Gasteiger partial charge on any atom is 0.0879 e. The highest BCUT2D eigenvalue weighted by molar-refractivity contribution is 4.96. The molecule has 0 bridgehead atoms. The summed E-state index contributed by atoms with van der Waals surface area (Å²) < 4.78 is 0. The Bertz CT molecular complexity index is 130. The lowest BCUT2D eigenvalue weighted by Crippen LogP contribution is -2.24. The third-order valence-electron chi connectivity index (χ3n) is 2.01. The maximum atomic E-state index is 9.97. The average Bonchev–Trinajstić information content (AvgIpc) is 2.73. The van der Waals surface area contributed by atoms with Gasteiger partial charge in [0.05, 0.1) is 6.54 Å². The van der Waals surface area contributed by atoms with Crippen LogP contribution in [0.15, 0.2) is 5.18 Å². The predicted octanol–water partition coefficient (Wildman–Crippen LogP) is 2.12. The Morgan fingerprint density at radius 1 is 1.33 bits per heavy atom. The molecular weight excluding hydrogens is 152 g/mol. The first-order valence-electron chi connectivity index (χ1n) is 4.62. The van der Waals surface area contributed by atoms with Crippen molar-refractivity contribution in [3.63, 3.8) is 0 Å². The quantitative estimate of drug-likeness (QED) is 0.608. The molecule has 0 radical (unpaired) electrons. The molecule has 0 N–H and O–H groups in total. The molecule has 3 heteroatoms. The van der Waals surface area contributed by atoms with E-state index in [0.717, 1.165) is 6.54 Å². The maximum absolute atomic E-state index is 9.97. The van der Waals surface area contributed by atoms with Crippen LogP contribution < -0.4 is 0 Å². The van der Waals surface area contributed by atoms with Gasteiger partial charge < -0.3 is 4.90 Å². The normalized spacial score (nSPS) is 18.1. The molecule has 0 aromatic rings. The van der Waals surface area contributed by atoms with Gasteiger partial charge in [-0.3, -0.25) is 0 Å². The van der Waals surface area contributed by atoms with Gasteiger partial charge in [0.2, 0.25) is 0 Å². The number of rotatable bonds is 4.